The molecule has 2 heteroatoms. The third-order valence-electron chi connectivity index (χ3n) is 6.99. The lowest BCUT2D eigenvalue weighted by Crippen LogP contribution is -2.78. The van der Waals surface area contributed by atoms with E-state index in [2.05, 4.69) is 62.4 Å². The molecule has 2 aromatic rings. The summed E-state index contributed by atoms with van der Waals surface area (Å²) >= 11 is 0. The van der Waals surface area contributed by atoms with Gasteiger partial charge in [0.05, 0.1) is 0 Å². The second-order valence-corrected chi connectivity index (χ2v) is 7.75. The van der Waals surface area contributed by atoms with Crippen LogP contribution < -0.4 is 0 Å². The maximum Gasteiger partial charge on any atom is 0.0471 e. The third kappa shape index (κ3) is 1.73. The molecule has 0 unspecified atom stereocenters. The van der Waals surface area contributed by atoms with E-state index in [1.54, 1.807) is 0 Å². The van der Waals surface area contributed by atoms with E-state index in [1.807, 2.05) is 0 Å². The van der Waals surface area contributed by atoms with Gasteiger partial charge in [-0.3, -0.25) is 0 Å². The molecule has 2 aromatic carbocycles. The first kappa shape index (κ1) is 15.9. The van der Waals surface area contributed by atoms with E-state index in [4.69, 9.17) is 0 Å². The highest BCUT2D eigenvalue weighted by Gasteiger charge is 2.76. The Morgan fingerprint density at radius 2 is 1.04 bits per heavy atom. The van der Waals surface area contributed by atoms with E-state index in [9.17, 15) is 10.2 Å². The summed E-state index contributed by atoms with van der Waals surface area (Å²) < 4.78 is 0. The second-order valence-electron chi connectivity index (χ2n) is 7.75. The molecule has 4 rings (SSSR count). The summed E-state index contributed by atoms with van der Waals surface area (Å²) in [6, 6.07) is 17.6. The molecule has 0 radical (unpaired) electrons. The lowest BCUT2D eigenvalue weighted by atomic mass is 9.26. The van der Waals surface area contributed by atoms with Gasteiger partial charge in [0, 0.05) is 24.0 Å². The topological polar surface area (TPSA) is 40.5 Å². The number of aryl methyl sites for hydroxylation is 2. The standard InChI is InChI=1S/C22H26O2/c1-15-3-7-17(8-4-15)21-11-12-22(21,20(14-24)19(21)13-23)18-9-5-16(2)6-10-18/h3-10,19-20,23-24H,11-14H2,1-2H3/t19-,20+,21-,22+. The minimum atomic E-state index is -0.0297. The summed E-state index contributed by atoms with van der Waals surface area (Å²) in [4.78, 5) is 0. The Kier molecular flexibility index (Phi) is 3.59. The molecule has 0 heterocycles. The SMILES string of the molecule is Cc1ccc([C@]23CC[C@@]2(c2ccc(C)cc2)[C@H](CO)[C@@H]3CO)cc1. The molecule has 2 aliphatic carbocycles. The number of benzene rings is 2. The summed E-state index contributed by atoms with van der Waals surface area (Å²) in [6.07, 6.45) is 2.18. The van der Waals surface area contributed by atoms with Crippen molar-refractivity contribution in [2.24, 2.45) is 11.8 Å². The van der Waals surface area contributed by atoms with E-state index in [0.717, 1.165) is 12.8 Å². The van der Waals surface area contributed by atoms with Gasteiger partial charge in [0.25, 0.3) is 0 Å². The molecule has 2 N–H and O–H groups in total. The molecule has 0 aliphatic heterocycles. The first-order chi connectivity index (χ1) is 11.6. The van der Waals surface area contributed by atoms with Crippen LogP contribution in [0, 0.1) is 25.7 Å². The number of aliphatic hydroxyl groups excluding tert-OH is 2. The predicted octanol–water partition coefficient (Wildman–Crippen LogP) is 3.50. The molecule has 0 aromatic heterocycles. The Balaban J connectivity index is 1.86. The van der Waals surface area contributed by atoms with Crippen molar-refractivity contribution < 1.29 is 10.2 Å². The minimum absolute atomic E-state index is 0.0297. The van der Waals surface area contributed by atoms with Gasteiger partial charge in [0.1, 0.15) is 0 Å². The Bertz CT molecular complexity index is 668. The van der Waals surface area contributed by atoms with Gasteiger partial charge in [-0.25, -0.2) is 0 Å². The van der Waals surface area contributed by atoms with Gasteiger partial charge in [-0.15, -0.1) is 0 Å². The summed E-state index contributed by atoms with van der Waals surface area (Å²) in [6.45, 7) is 4.51. The average Bonchev–Trinajstić information content (AvgIpc) is 2.59. The van der Waals surface area contributed by atoms with Gasteiger partial charge >= 0.3 is 0 Å². The third-order valence-corrected chi connectivity index (χ3v) is 6.99. The first-order valence-corrected chi connectivity index (χ1v) is 8.96. The van der Waals surface area contributed by atoms with Crippen LogP contribution in [0.3, 0.4) is 0 Å². The molecule has 2 nitrogen and oxygen atoms in total. The van der Waals surface area contributed by atoms with Crippen molar-refractivity contribution in [3.05, 3.63) is 70.8 Å². The van der Waals surface area contributed by atoms with Gasteiger partial charge < -0.3 is 10.2 Å². The van der Waals surface area contributed by atoms with E-state index in [1.165, 1.54) is 22.3 Å². The number of fused-ring (bicyclic) bond motifs is 1. The van der Waals surface area contributed by atoms with Crippen molar-refractivity contribution in [3.63, 3.8) is 0 Å². The van der Waals surface area contributed by atoms with Crippen LogP contribution in [0.4, 0.5) is 0 Å². The minimum Gasteiger partial charge on any atom is -0.396 e. The Morgan fingerprint density at radius 1 is 0.708 bits per heavy atom. The Labute approximate surface area is 144 Å². The van der Waals surface area contributed by atoms with Crippen LogP contribution in [0.2, 0.25) is 0 Å². The molecule has 126 valence electrons. The second kappa shape index (κ2) is 5.44. The monoisotopic (exact) mass is 322 g/mol. The number of hydrogen-bond donors (Lipinski definition) is 2. The largest absolute Gasteiger partial charge is 0.396 e. The van der Waals surface area contributed by atoms with Crippen LogP contribution in [0.5, 0.6) is 0 Å². The molecule has 2 aliphatic rings. The molecule has 0 amide bonds. The molecular weight excluding hydrogens is 296 g/mol. The average molecular weight is 322 g/mol. The molecule has 24 heavy (non-hydrogen) atoms. The van der Waals surface area contributed by atoms with Crippen LogP contribution in [-0.2, 0) is 10.8 Å². The van der Waals surface area contributed by atoms with Gasteiger partial charge in [-0.2, -0.15) is 0 Å². The highest BCUT2D eigenvalue weighted by Crippen LogP contribution is 2.76. The first-order valence-electron chi connectivity index (χ1n) is 8.96. The zero-order chi connectivity index (χ0) is 16.9. The molecule has 0 saturated heterocycles. The van der Waals surface area contributed by atoms with Crippen molar-refractivity contribution in [2.45, 2.75) is 37.5 Å². The smallest absolute Gasteiger partial charge is 0.0471 e. The fourth-order valence-corrected chi connectivity index (χ4v) is 5.79. The number of hydrogen-bond acceptors (Lipinski definition) is 2. The van der Waals surface area contributed by atoms with Crippen molar-refractivity contribution in [1.29, 1.82) is 0 Å². The lowest BCUT2D eigenvalue weighted by Gasteiger charge is -2.77. The summed E-state index contributed by atoms with van der Waals surface area (Å²) in [7, 11) is 0. The zero-order valence-electron chi connectivity index (χ0n) is 14.5. The van der Waals surface area contributed by atoms with Crippen LogP contribution in [0.15, 0.2) is 48.5 Å². The fraction of sp³-hybridized carbons (Fsp3) is 0.455. The van der Waals surface area contributed by atoms with E-state index >= 15 is 0 Å². The van der Waals surface area contributed by atoms with Crippen molar-refractivity contribution in [2.75, 3.05) is 13.2 Å². The van der Waals surface area contributed by atoms with Crippen LogP contribution >= 0.6 is 0 Å². The van der Waals surface area contributed by atoms with Crippen LogP contribution in [0.25, 0.3) is 0 Å². The number of rotatable bonds is 4. The molecule has 0 spiro atoms. The summed E-state index contributed by atoms with van der Waals surface area (Å²) in [5.41, 5.74) is 5.10. The fourth-order valence-electron chi connectivity index (χ4n) is 5.79. The van der Waals surface area contributed by atoms with Gasteiger partial charge in [0.2, 0.25) is 0 Å². The molecule has 0 bridgehead atoms. The normalized spacial score (nSPS) is 34.2. The maximum absolute atomic E-state index is 10.1. The van der Waals surface area contributed by atoms with Crippen LogP contribution in [0.1, 0.15) is 35.1 Å². The highest BCUT2D eigenvalue weighted by atomic mass is 16.3. The summed E-state index contributed by atoms with van der Waals surface area (Å²) in [5, 5.41) is 20.2. The number of aliphatic hydroxyl groups is 2. The van der Waals surface area contributed by atoms with Gasteiger partial charge in [-0.1, -0.05) is 59.7 Å². The molecular formula is C22H26O2. The quantitative estimate of drug-likeness (QED) is 0.904. The Hall–Kier alpha value is -1.64. The molecule has 4 atom stereocenters. The maximum atomic E-state index is 10.1. The van der Waals surface area contributed by atoms with E-state index in [-0.39, 0.29) is 35.9 Å². The van der Waals surface area contributed by atoms with Crippen molar-refractivity contribution in [1.82, 2.24) is 0 Å². The van der Waals surface area contributed by atoms with Crippen molar-refractivity contribution >= 4 is 0 Å². The lowest BCUT2D eigenvalue weighted by molar-refractivity contribution is -0.199. The Morgan fingerprint density at radius 3 is 1.29 bits per heavy atom. The van der Waals surface area contributed by atoms with E-state index < -0.39 is 0 Å². The van der Waals surface area contributed by atoms with E-state index in [0.29, 0.717) is 0 Å². The molecule has 2 fully saturated rings. The van der Waals surface area contributed by atoms with Crippen LogP contribution in [-0.4, -0.2) is 23.4 Å². The summed E-state index contributed by atoms with van der Waals surface area (Å²) in [5.74, 6) is 0.278. The predicted molar refractivity (Wildman–Crippen MR) is 96.1 cm³/mol. The van der Waals surface area contributed by atoms with Gasteiger partial charge in [-0.05, 0) is 49.7 Å². The molecule has 2 saturated carbocycles. The zero-order valence-corrected chi connectivity index (χ0v) is 14.5. The van der Waals surface area contributed by atoms with Gasteiger partial charge in [0.15, 0.2) is 0 Å². The van der Waals surface area contributed by atoms with Crippen molar-refractivity contribution in [3.8, 4) is 0 Å². The highest BCUT2D eigenvalue weighted by molar-refractivity contribution is 5.52.